The zero-order valence-corrected chi connectivity index (χ0v) is 67.2. The number of hydrogen-bond donors (Lipinski definition) is 9. The zero-order chi connectivity index (χ0) is 84.7. The molecule has 1 amide bonds. The molecular weight excluding hydrogens is 1630 g/mol. The number of phenolic OH excluding ortho intramolecular Hbond substituents is 1. The van der Waals surface area contributed by atoms with E-state index in [0.717, 1.165) is 77.4 Å². The summed E-state index contributed by atoms with van der Waals surface area (Å²) in [5, 5.41) is 42.7. The molecule has 11 N–H and O–H groups in total. The van der Waals surface area contributed by atoms with Gasteiger partial charge in [0.15, 0.2) is 46.0 Å². The first-order valence-electron chi connectivity index (χ1n) is 36.0. The number of phenols is 1. The van der Waals surface area contributed by atoms with Gasteiger partial charge in [-0.15, -0.1) is 0 Å². The molecule has 0 saturated carbocycles. The molecule has 0 fully saturated rings. The van der Waals surface area contributed by atoms with Crippen LogP contribution in [0.25, 0.3) is 87.5 Å². The van der Waals surface area contributed by atoms with Crippen molar-refractivity contribution in [2.24, 2.45) is 5.90 Å². The summed E-state index contributed by atoms with van der Waals surface area (Å²) in [6, 6.07) is 44.0. The lowest BCUT2D eigenvalue weighted by atomic mass is 10.2. The minimum atomic E-state index is -0.537. The number of ether oxygens (including phenoxy) is 9. The van der Waals surface area contributed by atoms with Gasteiger partial charge in [0.2, 0.25) is 5.91 Å². The number of aromatic hydroxyl groups is 1. The van der Waals surface area contributed by atoms with Gasteiger partial charge in [-0.2, -0.15) is 0 Å². The highest BCUT2D eigenvalue weighted by Crippen LogP contribution is 2.40. The van der Waals surface area contributed by atoms with Gasteiger partial charge in [-0.3, -0.25) is 24.4 Å². The quantitative estimate of drug-likeness (QED) is 0.00546. The van der Waals surface area contributed by atoms with Crippen LogP contribution in [-0.4, -0.2) is 139 Å². The molecule has 36 heteroatoms. The third-order valence-corrected chi connectivity index (χ3v) is 17.4. The van der Waals surface area contributed by atoms with Crippen molar-refractivity contribution in [3.8, 4) is 46.0 Å². The summed E-state index contributed by atoms with van der Waals surface area (Å²) >= 11 is 9.05. The summed E-state index contributed by atoms with van der Waals surface area (Å²) < 4.78 is 68.2. The number of esters is 3. The van der Waals surface area contributed by atoms with Gasteiger partial charge < -0.3 is 92.3 Å². The Morgan fingerprint density at radius 1 is 0.445 bits per heavy atom. The number of carbonyl (C=O) groups excluding carboxylic acids is 4. The fourth-order valence-electron chi connectivity index (χ4n) is 11.3. The number of alkyl halides is 1. The minimum Gasteiger partial charge on any atom is -0.504 e. The maximum absolute atomic E-state index is 11.6. The first-order valence-corrected chi connectivity index (χ1v) is 37.5. The third kappa shape index (κ3) is 23.7. The number of methoxy groups -OCH3 is 4. The van der Waals surface area contributed by atoms with Gasteiger partial charge in [-0.25, -0.2) is 51.2 Å². The second kappa shape index (κ2) is 43.4. The number of anilines is 7. The van der Waals surface area contributed by atoms with E-state index in [9.17, 15) is 24.3 Å². The summed E-state index contributed by atoms with van der Waals surface area (Å²) in [6.45, 7) is 5.94. The minimum absolute atomic E-state index is 0.00119. The molecule has 0 aliphatic heterocycles. The summed E-state index contributed by atoms with van der Waals surface area (Å²) in [4.78, 5) is 77.9. The number of furan rings is 4. The van der Waals surface area contributed by atoms with Crippen LogP contribution in [-0.2, 0) is 28.7 Å². The Hall–Kier alpha value is -14.4. The Balaban J connectivity index is 0.000000157. The predicted molar refractivity (Wildman–Crippen MR) is 449 cm³/mol. The van der Waals surface area contributed by atoms with Gasteiger partial charge in [0.25, 0.3) is 0 Å². The molecule has 0 aliphatic rings. The predicted octanol–water partition coefficient (Wildman–Crippen LogP) is 16.6. The van der Waals surface area contributed by atoms with Crippen molar-refractivity contribution in [1.29, 1.82) is 0 Å². The zero-order valence-electron chi connectivity index (χ0n) is 64.9. The van der Waals surface area contributed by atoms with Crippen LogP contribution in [0.2, 0.25) is 5.15 Å². The van der Waals surface area contributed by atoms with Gasteiger partial charge in [0, 0.05) is 102 Å². The Bertz CT molecular complexity index is 6120. The highest BCUT2D eigenvalue weighted by Gasteiger charge is 2.18. The van der Waals surface area contributed by atoms with Crippen molar-refractivity contribution in [2.45, 2.75) is 40.0 Å². The highest BCUT2D eigenvalue weighted by atomic mass is 79.9. The molecule has 0 unspecified atom stereocenters. The van der Waals surface area contributed by atoms with Crippen LogP contribution in [0, 0.1) is 0 Å². The van der Waals surface area contributed by atoms with E-state index >= 15 is 0 Å². The second-order valence-electron chi connectivity index (χ2n) is 24.4. The van der Waals surface area contributed by atoms with Crippen molar-refractivity contribution < 1.29 is 95.0 Å². The van der Waals surface area contributed by atoms with Gasteiger partial charge in [-0.1, -0.05) is 27.5 Å². The molecule has 16 aromatic rings. The summed E-state index contributed by atoms with van der Waals surface area (Å²) in [5.74, 6) is 6.99. The number of hydrogen-bond acceptors (Lipinski definition) is 33. The number of nitrogens with one attached hydrogen (secondary N) is 4. The average molecular weight is 1710 g/mol. The number of nitrogen functional groups attached to an aromatic ring is 1. The number of halogens is 2. The molecule has 616 valence electrons. The van der Waals surface area contributed by atoms with Crippen LogP contribution >= 0.6 is 27.5 Å². The van der Waals surface area contributed by atoms with Crippen LogP contribution in [0.15, 0.2) is 214 Å². The molecule has 8 aromatic heterocycles. The molecule has 8 heterocycles. The maximum atomic E-state index is 11.6. The number of nitrogens with two attached hydrogens (primary N) is 2. The number of aromatic nitrogens is 8. The number of nitrogens with zero attached hydrogens (tertiary/aromatic N) is 8. The van der Waals surface area contributed by atoms with Crippen molar-refractivity contribution >= 4 is 179 Å². The van der Waals surface area contributed by atoms with E-state index in [2.05, 4.69) is 82.4 Å². The van der Waals surface area contributed by atoms with Gasteiger partial charge in [0.05, 0.1) is 121 Å². The SMILES string of the molecule is CCOC(=O)CCBr.CCOC(=O)CCOc1cc2c(Nc3ccc4occc4c3)ncnc2cc1OC.COc1cc2ncnc(Cl)c2cc1OC(C)=O.COc1cc2ncnc(Nc3ccc4occc4c3)c2cc1O.COc1cc2ncnc(Nc3ccc4occc4c3)c2cc1OCCC(=O)NO.NO.Nc1ccc2occc2c1. The highest BCUT2D eigenvalue weighted by molar-refractivity contribution is 9.09. The Morgan fingerprint density at radius 2 is 0.815 bits per heavy atom. The Morgan fingerprint density at radius 3 is 1.23 bits per heavy atom. The molecule has 0 radical (unpaired) electrons. The smallest absolute Gasteiger partial charge is 0.309 e. The van der Waals surface area contributed by atoms with Crippen molar-refractivity contribution in [1.82, 2.24) is 45.4 Å². The molecule has 0 saturated heterocycles. The molecule has 119 heavy (non-hydrogen) atoms. The normalized spacial score (nSPS) is 10.5. The number of hydroxylamine groups is 1. The number of benzene rings is 8. The first kappa shape index (κ1) is 87.0. The van der Waals surface area contributed by atoms with E-state index < -0.39 is 11.9 Å². The fraction of sp³-hybridized carbons (Fsp3) is 0.181. The standard InChI is InChI=1S/C22H21N3O5.C20H18N4O5.C17H13N3O3.C11H9ClN2O3.C8H7NO.C5H9BrO2.H3NO/c1-3-28-21(26)7-9-30-20-11-16-17(12-19(20)27-2)23-13-24-22(16)25-15-4-5-18-14(10-15)6-8-29-18;1-27-17-10-15-14(9-18(17)29-7-5-19(25)24-26)20(22-11-21-15)23-13-2-3-16-12(8-13)4-6-28-16;1-22-16-8-13-12(7-14(16)21)17(19-9-18-13)20-11-2-3-15-10(6-11)4-5-23-15;1-6(15)17-10-3-7-8(4-9(10)16-2)13-5-14-11(7)12;9-7-1-2-8-6(5-7)3-4-10-8;1-2-8-5(7)3-4-6;1-2/h4-6,8,10-13H,3,7,9H2,1-2H3,(H,23,24,25);2-4,6,8-11,26H,5,7H2,1H3,(H,24,25)(H,21,22,23);2-9,21H,1H3,(H,18,19,20);3-5H,1-2H3;1-5H,9H2;2-4H2,1H3;2H,1H2. The van der Waals surface area contributed by atoms with E-state index in [4.69, 9.17) is 83.3 Å². The Kier molecular flexibility index (Phi) is 31.7. The monoisotopic (exact) mass is 1710 g/mol. The van der Waals surface area contributed by atoms with E-state index in [0.29, 0.717) is 121 Å². The first-order chi connectivity index (χ1) is 57.9. The summed E-state index contributed by atoms with van der Waals surface area (Å²) in [5.41, 5.74) is 16.5. The summed E-state index contributed by atoms with van der Waals surface area (Å²) in [6.07, 6.45) is 13.0. The molecule has 16 rings (SSSR count). The number of rotatable bonds is 23. The van der Waals surface area contributed by atoms with E-state index in [1.807, 2.05) is 97.1 Å². The molecule has 8 aromatic carbocycles. The molecule has 0 atom stereocenters. The number of fused-ring (bicyclic) bond motifs is 8. The van der Waals surface area contributed by atoms with Gasteiger partial charge in [0.1, 0.15) is 70.2 Å². The van der Waals surface area contributed by atoms with E-state index in [-0.39, 0.29) is 43.7 Å². The maximum Gasteiger partial charge on any atom is 0.309 e. The lowest BCUT2D eigenvalue weighted by Gasteiger charge is -2.14. The van der Waals surface area contributed by atoms with Crippen molar-refractivity contribution in [2.75, 3.05) is 81.9 Å². The van der Waals surface area contributed by atoms with E-state index in [1.54, 1.807) is 100 Å². The lowest BCUT2D eigenvalue weighted by Crippen LogP contribution is -2.20. The number of carbonyl (C=O) groups is 4. The average Bonchev–Trinajstić information content (AvgIpc) is 1.04. The molecule has 0 spiro atoms. The van der Waals surface area contributed by atoms with E-state index in [1.165, 1.54) is 53.6 Å². The largest absolute Gasteiger partial charge is 0.504 e. The molecular formula is C83H80BrClN14O20. The van der Waals surface area contributed by atoms with Crippen LogP contribution in [0.1, 0.15) is 40.0 Å². The molecule has 0 aliphatic carbocycles. The molecule has 0 bridgehead atoms. The topological polar surface area (TPSA) is 468 Å². The molecule has 34 nitrogen and oxygen atoms in total. The van der Waals surface area contributed by atoms with Gasteiger partial charge >= 0.3 is 17.9 Å². The Labute approximate surface area is 690 Å². The lowest BCUT2D eigenvalue weighted by molar-refractivity contribution is -0.144. The van der Waals surface area contributed by atoms with Crippen LogP contribution in [0.5, 0.6) is 46.0 Å². The van der Waals surface area contributed by atoms with Crippen LogP contribution < -0.4 is 66.2 Å². The fourth-order valence-corrected chi connectivity index (χ4v) is 11.8. The third-order valence-electron chi connectivity index (χ3n) is 16.7. The van der Waals surface area contributed by atoms with Crippen molar-refractivity contribution in [3.05, 3.63) is 201 Å². The second-order valence-corrected chi connectivity index (χ2v) is 25.6. The summed E-state index contributed by atoms with van der Waals surface area (Å²) in [7, 11) is 6.06. The van der Waals surface area contributed by atoms with Gasteiger partial charge in [-0.05, 0) is 135 Å². The number of amides is 1. The van der Waals surface area contributed by atoms with Crippen molar-refractivity contribution in [3.63, 3.8) is 0 Å². The van der Waals surface area contributed by atoms with Crippen LogP contribution in [0.3, 0.4) is 0 Å². The van der Waals surface area contributed by atoms with Crippen LogP contribution in [0.4, 0.5) is 40.2 Å².